The second-order valence-electron chi connectivity index (χ2n) is 6.81. The van der Waals surface area contributed by atoms with Gasteiger partial charge < -0.3 is 19.6 Å². The van der Waals surface area contributed by atoms with Crippen molar-refractivity contribution in [3.8, 4) is 5.75 Å². The summed E-state index contributed by atoms with van der Waals surface area (Å²) >= 11 is 0. The lowest BCUT2D eigenvalue weighted by atomic mass is 10.1. The molecule has 1 aromatic carbocycles. The average molecular weight is 332 g/mol. The van der Waals surface area contributed by atoms with Crippen LogP contribution in [0.25, 0.3) is 0 Å². The van der Waals surface area contributed by atoms with Gasteiger partial charge in [-0.3, -0.25) is 9.59 Å². The number of amides is 2. The number of aryl methyl sites for hydroxylation is 1. The number of aliphatic hydroxyl groups is 1. The Hall–Kier alpha value is -2.08. The molecule has 2 fully saturated rings. The molecule has 1 aromatic rings. The Morgan fingerprint density at radius 1 is 1.29 bits per heavy atom. The van der Waals surface area contributed by atoms with E-state index in [2.05, 4.69) is 0 Å². The van der Waals surface area contributed by atoms with E-state index in [0.717, 1.165) is 12.0 Å². The van der Waals surface area contributed by atoms with Crippen molar-refractivity contribution in [2.24, 2.45) is 0 Å². The predicted molar refractivity (Wildman–Crippen MR) is 88.6 cm³/mol. The summed E-state index contributed by atoms with van der Waals surface area (Å²) in [5, 5.41) is 10.6. The highest BCUT2D eigenvalue weighted by molar-refractivity contribution is 5.86. The molecule has 130 valence electrons. The highest BCUT2D eigenvalue weighted by Crippen LogP contribution is 2.24. The van der Waals surface area contributed by atoms with Crippen LogP contribution in [0.15, 0.2) is 24.3 Å². The smallest absolute Gasteiger partial charge is 0.242 e. The molecular formula is C18H24N2O4. The summed E-state index contributed by atoms with van der Waals surface area (Å²) in [6.07, 6.45) is 1.83. The van der Waals surface area contributed by atoms with Crippen molar-refractivity contribution in [3.63, 3.8) is 0 Å². The Balaban J connectivity index is 1.50. The number of nitrogens with zero attached hydrogens (tertiary/aromatic N) is 2. The molecule has 2 aliphatic heterocycles. The Kier molecular flexibility index (Phi) is 4.76. The summed E-state index contributed by atoms with van der Waals surface area (Å²) in [6.45, 7) is 3.67. The number of likely N-dealkylation sites (tertiary alicyclic amines) is 2. The Morgan fingerprint density at radius 3 is 2.71 bits per heavy atom. The summed E-state index contributed by atoms with van der Waals surface area (Å²) in [5.74, 6) is 0.651. The van der Waals surface area contributed by atoms with E-state index in [9.17, 15) is 14.7 Å². The van der Waals surface area contributed by atoms with Gasteiger partial charge in [0.25, 0.3) is 0 Å². The number of rotatable bonds is 5. The fraction of sp³-hybridized carbons (Fsp3) is 0.556. The first-order valence-electron chi connectivity index (χ1n) is 8.43. The van der Waals surface area contributed by atoms with Crippen molar-refractivity contribution >= 4 is 11.8 Å². The standard InChI is InChI=1S/C18H24N2O4/c1-14-4-6-15(7-5-14)24-13-18(23)8-10-20(12-18)17(22)11-19-9-2-3-16(19)21/h4-7,23H,2-3,8-13H2,1H3/t18-/m0/s1. The molecule has 0 unspecified atom stereocenters. The number of hydrogen-bond acceptors (Lipinski definition) is 4. The lowest BCUT2D eigenvalue weighted by molar-refractivity contribution is -0.138. The molecule has 1 N–H and O–H groups in total. The zero-order valence-electron chi connectivity index (χ0n) is 14.0. The summed E-state index contributed by atoms with van der Waals surface area (Å²) in [6, 6.07) is 7.65. The van der Waals surface area contributed by atoms with Crippen LogP contribution in [0.1, 0.15) is 24.8 Å². The number of ether oxygens (including phenoxy) is 1. The van der Waals surface area contributed by atoms with E-state index in [1.165, 1.54) is 0 Å². The van der Waals surface area contributed by atoms with Crippen molar-refractivity contribution in [2.75, 3.05) is 32.8 Å². The Bertz CT molecular complexity index is 616. The van der Waals surface area contributed by atoms with Gasteiger partial charge in [-0.25, -0.2) is 0 Å². The van der Waals surface area contributed by atoms with Crippen LogP contribution in [0.5, 0.6) is 5.75 Å². The zero-order chi connectivity index (χ0) is 17.2. The van der Waals surface area contributed by atoms with Gasteiger partial charge >= 0.3 is 0 Å². The summed E-state index contributed by atoms with van der Waals surface area (Å²) in [4.78, 5) is 27.2. The van der Waals surface area contributed by atoms with Gasteiger partial charge in [-0.05, 0) is 31.9 Å². The number of benzene rings is 1. The molecule has 1 atom stereocenters. The van der Waals surface area contributed by atoms with Crippen molar-refractivity contribution in [1.29, 1.82) is 0 Å². The van der Waals surface area contributed by atoms with Gasteiger partial charge in [-0.2, -0.15) is 0 Å². The normalized spacial score (nSPS) is 23.8. The maximum Gasteiger partial charge on any atom is 0.242 e. The summed E-state index contributed by atoms with van der Waals surface area (Å²) in [7, 11) is 0. The maximum atomic E-state index is 12.3. The third kappa shape index (κ3) is 3.87. The minimum absolute atomic E-state index is 0.0421. The number of hydrogen-bond donors (Lipinski definition) is 1. The molecule has 3 rings (SSSR count). The molecule has 6 nitrogen and oxygen atoms in total. The van der Waals surface area contributed by atoms with Crippen LogP contribution in [0.2, 0.25) is 0 Å². The highest BCUT2D eigenvalue weighted by atomic mass is 16.5. The van der Waals surface area contributed by atoms with Gasteiger partial charge in [0.1, 0.15) is 18.0 Å². The molecule has 6 heteroatoms. The molecule has 0 aromatic heterocycles. The number of β-amino-alcohol motifs (C(OH)–C–C–N with tert-alkyl or cyclic N) is 1. The van der Waals surface area contributed by atoms with E-state index in [1.807, 2.05) is 31.2 Å². The van der Waals surface area contributed by atoms with E-state index in [-0.39, 0.29) is 31.5 Å². The van der Waals surface area contributed by atoms with Crippen LogP contribution in [-0.2, 0) is 9.59 Å². The summed E-state index contributed by atoms with van der Waals surface area (Å²) < 4.78 is 5.67. The third-order valence-corrected chi connectivity index (χ3v) is 4.71. The SMILES string of the molecule is Cc1ccc(OC[C@]2(O)CCN(C(=O)CN3CCCC3=O)C2)cc1. The van der Waals surface area contributed by atoms with Crippen molar-refractivity contribution in [3.05, 3.63) is 29.8 Å². The monoisotopic (exact) mass is 332 g/mol. The van der Waals surface area contributed by atoms with Crippen LogP contribution < -0.4 is 4.74 Å². The van der Waals surface area contributed by atoms with Crippen molar-refractivity contribution in [2.45, 2.75) is 31.8 Å². The molecule has 2 heterocycles. The minimum Gasteiger partial charge on any atom is -0.491 e. The lowest BCUT2D eigenvalue weighted by Crippen LogP contribution is -2.44. The zero-order valence-corrected chi connectivity index (χ0v) is 14.0. The number of carbonyl (C=O) groups excluding carboxylic acids is 2. The molecule has 0 bridgehead atoms. The van der Waals surface area contributed by atoms with E-state index in [1.54, 1.807) is 9.80 Å². The lowest BCUT2D eigenvalue weighted by Gasteiger charge is -2.25. The van der Waals surface area contributed by atoms with Gasteiger partial charge in [0.2, 0.25) is 11.8 Å². The van der Waals surface area contributed by atoms with Gasteiger partial charge in [-0.1, -0.05) is 17.7 Å². The molecule has 2 amide bonds. The van der Waals surface area contributed by atoms with Crippen LogP contribution in [0.3, 0.4) is 0 Å². The second-order valence-corrected chi connectivity index (χ2v) is 6.81. The molecule has 2 aliphatic rings. The van der Waals surface area contributed by atoms with Crippen LogP contribution in [0, 0.1) is 6.92 Å². The Labute approximate surface area is 142 Å². The van der Waals surface area contributed by atoms with Crippen molar-refractivity contribution in [1.82, 2.24) is 9.80 Å². The number of carbonyl (C=O) groups is 2. The van der Waals surface area contributed by atoms with Crippen LogP contribution in [0.4, 0.5) is 0 Å². The maximum absolute atomic E-state index is 12.3. The third-order valence-electron chi connectivity index (χ3n) is 4.71. The fourth-order valence-corrected chi connectivity index (χ4v) is 3.17. The van der Waals surface area contributed by atoms with Gasteiger partial charge in [0, 0.05) is 19.5 Å². The molecule has 0 radical (unpaired) electrons. The molecule has 0 spiro atoms. The largest absolute Gasteiger partial charge is 0.491 e. The molecule has 0 aliphatic carbocycles. The molecule has 2 saturated heterocycles. The quantitative estimate of drug-likeness (QED) is 0.872. The van der Waals surface area contributed by atoms with E-state index >= 15 is 0 Å². The fourth-order valence-electron chi connectivity index (χ4n) is 3.17. The predicted octanol–water partition coefficient (Wildman–Crippen LogP) is 0.960. The Morgan fingerprint density at radius 2 is 2.04 bits per heavy atom. The molecular weight excluding hydrogens is 308 g/mol. The summed E-state index contributed by atoms with van der Waals surface area (Å²) in [5.41, 5.74) is 0.116. The first-order chi connectivity index (χ1) is 11.5. The molecule has 24 heavy (non-hydrogen) atoms. The second kappa shape index (κ2) is 6.81. The van der Waals surface area contributed by atoms with Crippen LogP contribution in [-0.4, -0.2) is 65.1 Å². The molecule has 0 saturated carbocycles. The highest BCUT2D eigenvalue weighted by Gasteiger charge is 2.39. The van der Waals surface area contributed by atoms with E-state index in [4.69, 9.17) is 4.74 Å². The minimum atomic E-state index is -1.03. The van der Waals surface area contributed by atoms with E-state index in [0.29, 0.717) is 31.7 Å². The average Bonchev–Trinajstić information content (AvgIpc) is 3.14. The van der Waals surface area contributed by atoms with Gasteiger partial charge in [0.15, 0.2) is 0 Å². The van der Waals surface area contributed by atoms with Gasteiger partial charge in [-0.15, -0.1) is 0 Å². The van der Waals surface area contributed by atoms with Gasteiger partial charge in [0.05, 0.1) is 13.1 Å². The van der Waals surface area contributed by atoms with Crippen molar-refractivity contribution < 1.29 is 19.4 Å². The first-order valence-corrected chi connectivity index (χ1v) is 8.43. The van der Waals surface area contributed by atoms with E-state index < -0.39 is 5.60 Å². The van der Waals surface area contributed by atoms with Crippen LogP contribution >= 0.6 is 0 Å². The topological polar surface area (TPSA) is 70.1 Å². The first kappa shape index (κ1) is 16.8.